The van der Waals surface area contributed by atoms with Crippen molar-refractivity contribution in [2.24, 2.45) is 0 Å². The molecule has 1 aromatic carbocycles. The Labute approximate surface area is 136 Å². The third-order valence-corrected chi connectivity index (χ3v) is 6.56. The number of benzene rings is 1. The van der Waals surface area contributed by atoms with Crippen molar-refractivity contribution >= 4 is 26.6 Å². The molecule has 0 bridgehead atoms. The van der Waals surface area contributed by atoms with Gasteiger partial charge >= 0.3 is 0 Å². The van der Waals surface area contributed by atoms with Crippen LogP contribution in [0.2, 0.25) is 0 Å². The van der Waals surface area contributed by atoms with E-state index in [1.807, 2.05) is 38.1 Å². The molecule has 1 aliphatic heterocycles. The summed E-state index contributed by atoms with van der Waals surface area (Å²) in [4.78, 5) is 18.7. The fraction of sp³-hybridized carbons (Fsp3) is 0.412. The number of amides is 1. The number of fused-ring (bicyclic) bond motifs is 1. The quantitative estimate of drug-likeness (QED) is 0.863. The highest BCUT2D eigenvalue weighted by atomic mass is 32.2. The smallest absolute Gasteiger partial charge is 0.255 e. The fourth-order valence-electron chi connectivity index (χ4n) is 2.83. The van der Waals surface area contributed by atoms with E-state index in [-0.39, 0.29) is 24.7 Å². The van der Waals surface area contributed by atoms with Gasteiger partial charge in [-0.1, -0.05) is 19.1 Å². The van der Waals surface area contributed by atoms with Gasteiger partial charge in [-0.2, -0.15) is 0 Å². The topological polar surface area (TPSA) is 67.3 Å². The van der Waals surface area contributed by atoms with Crippen molar-refractivity contribution in [2.45, 2.75) is 26.0 Å². The molecule has 1 amide bonds. The highest BCUT2D eigenvalue weighted by Gasteiger charge is 2.39. The van der Waals surface area contributed by atoms with Gasteiger partial charge < -0.3 is 4.90 Å². The summed E-state index contributed by atoms with van der Waals surface area (Å²) in [7, 11) is -3.07. The Balaban J connectivity index is 1.85. The molecule has 23 heavy (non-hydrogen) atoms. The molecule has 122 valence electrons. The summed E-state index contributed by atoms with van der Waals surface area (Å²) in [5.74, 6) is -0.0182. The lowest BCUT2D eigenvalue weighted by Crippen LogP contribution is -2.57. The lowest BCUT2D eigenvalue weighted by molar-refractivity contribution is 0.0658. The van der Waals surface area contributed by atoms with Gasteiger partial charge in [0.1, 0.15) is 0 Å². The summed E-state index contributed by atoms with van der Waals surface area (Å²) >= 11 is 0. The van der Waals surface area contributed by atoms with Crippen molar-refractivity contribution < 1.29 is 13.2 Å². The highest BCUT2D eigenvalue weighted by molar-refractivity contribution is 7.92. The first-order valence-electron chi connectivity index (χ1n) is 7.70. The number of hydrogen-bond donors (Lipinski definition) is 0. The summed E-state index contributed by atoms with van der Waals surface area (Å²) < 4.78 is 23.6. The average Bonchev–Trinajstić information content (AvgIpc) is 2.44. The Bertz CT molecular complexity index is 884. The molecule has 2 aromatic rings. The Morgan fingerprint density at radius 1 is 1.26 bits per heavy atom. The molecular formula is C17H20N2O3S. The van der Waals surface area contributed by atoms with Crippen LogP contribution in [0.25, 0.3) is 10.9 Å². The van der Waals surface area contributed by atoms with E-state index in [1.54, 1.807) is 11.8 Å². The van der Waals surface area contributed by atoms with E-state index in [9.17, 15) is 13.2 Å². The zero-order valence-electron chi connectivity index (χ0n) is 13.5. The summed E-state index contributed by atoms with van der Waals surface area (Å²) in [5, 5.41) is 0.496. The maximum atomic E-state index is 12.6. The van der Waals surface area contributed by atoms with Crippen LogP contribution < -0.4 is 0 Å². The Hall–Kier alpha value is -1.95. The summed E-state index contributed by atoms with van der Waals surface area (Å²) in [6, 6.07) is 7.78. The van der Waals surface area contributed by atoms with Gasteiger partial charge in [-0.25, -0.2) is 8.42 Å². The van der Waals surface area contributed by atoms with Crippen LogP contribution in [0.15, 0.2) is 24.3 Å². The number of aromatic nitrogens is 1. The second kappa shape index (κ2) is 5.60. The average molecular weight is 332 g/mol. The zero-order valence-corrected chi connectivity index (χ0v) is 14.4. The number of carbonyl (C=O) groups excluding carboxylic acids is 1. The number of pyridine rings is 1. The van der Waals surface area contributed by atoms with Crippen molar-refractivity contribution in [1.82, 2.24) is 9.88 Å². The van der Waals surface area contributed by atoms with Gasteiger partial charge in [0.05, 0.1) is 22.0 Å². The third-order valence-electron chi connectivity index (χ3n) is 4.44. The Morgan fingerprint density at radius 2 is 1.96 bits per heavy atom. The summed E-state index contributed by atoms with van der Waals surface area (Å²) in [6.07, 6.45) is 0. The summed E-state index contributed by atoms with van der Waals surface area (Å²) in [5.41, 5.74) is 3.22. The number of aryl methyl sites for hydroxylation is 2. The molecular weight excluding hydrogens is 312 g/mol. The molecule has 1 saturated heterocycles. The maximum absolute atomic E-state index is 12.6. The molecule has 1 fully saturated rings. The molecule has 0 atom stereocenters. The van der Waals surface area contributed by atoms with Crippen LogP contribution in [0.1, 0.15) is 28.5 Å². The first-order valence-corrected chi connectivity index (χ1v) is 9.42. The van der Waals surface area contributed by atoms with Gasteiger partial charge in [0, 0.05) is 24.2 Å². The second-order valence-corrected chi connectivity index (χ2v) is 8.67. The minimum atomic E-state index is -3.07. The van der Waals surface area contributed by atoms with Gasteiger partial charge in [0.2, 0.25) is 0 Å². The third kappa shape index (κ3) is 2.83. The fourth-order valence-corrected chi connectivity index (χ4v) is 4.11. The molecule has 3 rings (SSSR count). The molecule has 0 aliphatic carbocycles. The molecule has 1 aliphatic rings. The molecule has 0 unspecified atom stereocenters. The molecule has 1 aromatic heterocycles. The summed E-state index contributed by atoms with van der Waals surface area (Å²) in [6.45, 7) is 6.01. The molecule has 0 N–H and O–H groups in total. The van der Waals surface area contributed by atoms with Crippen LogP contribution in [0.4, 0.5) is 0 Å². The van der Waals surface area contributed by atoms with E-state index in [4.69, 9.17) is 0 Å². The normalized spacial score (nSPS) is 15.7. The number of sulfone groups is 1. The van der Waals surface area contributed by atoms with E-state index in [0.29, 0.717) is 11.3 Å². The lowest BCUT2D eigenvalue weighted by atomic mass is 10.1. The van der Waals surface area contributed by atoms with Crippen LogP contribution in [0, 0.1) is 13.8 Å². The van der Waals surface area contributed by atoms with Crippen LogP contribution in [-0.4, -0.2) is 48.3 Å². The Kier molecular flexibility index (Phi) is 3.88. The zero-order chi connectivity index (χ0) is 16.8. The lowest BCUT2D eigenvalue weighted by Gasteiger charge is -2.38. The van der Waals surface area contributed by atoms with Crippen LogP contribution in [-0.2, 0) is 9.84 Å². The van der Waals surface area contributed by atoms with Gasteiger partial charge in [0.15, 0.2) is 9.84 Å². The molecule has 5 nitrogen and oxygen atoms in total. The number of nitrogens with zero attached hydrogens (tertiary/aromatic N) is 2. The highest BCUT2D eigenvalue weighted by Crippen LogP contribution is 2.23. The number of hydrogen-bond acceptors (Lipinski definition) is 4. The van der Waals surface area contributed by atoms with Gasteiger partial charge in [0.25, 0.3) is 5.91 Å². The first kappa shape index (κ1) is 15.9. The predicted molar refractivity (Wildman–Crippen MR) is 90.4 cm³/mol. The van der Waals surface area contributed by atoms with E-state index in [2.05, 4.69) is 4.98 Å². The van der Waals surface area contributed by atoms with Crippen molar-refractivity contribution in [3.63, 3.8) is 0 Å². The molecule has 2 heterocycles. The number of likely N-dealkylation sites (tertiary alicyclic amines) is 1. The van der Waals surface area contributed by atoms with E-state index < -0.39 is 15.1 Å². The van der Waals surface area contributed by atoms with E-state index in [0.717, 1.165) is 16.5 Å². The van der Waals surface area contributed by atoms with E-state index >= 15 is 0 Å². The molecule has 0 saturated carbocycles. The first-order chi connectivity index (χ1) is 10.8. The molecule has 6 heteroatoms. The van der Waals surface area contributed by atoms with Crippen LogP contribution >= 0.6 is 0 Å². The SMILES string of the molecule is CCS(=O)(=O)C1CN(C(=O)c2cc3ccc(C)cc3nc2C)C1. The van der Waals surface area contributed by atoms with Crippen LogP contribution in [0.3, 0.4) is 0 Å². The Morgan fingerprint density at radius 3 is 2.61 bits per heavy atom. The minimum Gasteiger partial charge on any atom is -0.336 e. The van der Waals surface area contributed by atoms with Crippen molar-refractivity contribution in [1.29, 1.82) is 0 Å². The second-order valence-electron chi connectivity index (χ2n) is 6.10. The van der Waals surface area contributed by atoms with Crippen molar-refractivity contribution in [2.75, 3.05) is 18.8 Å². The predicted octanol–water partition coefficient (Wildman–Crippen LogP) is 2.11. The standard InChI is InChI=1S/C17H20N2O3S/c1-4-23(21,22)14-9-19(10-14)17(20)15-8-13-6-5-11(2)7-16(13)18-12(15)3/h5-8,14H,4,9-10H2,1-3H3. The van der Waals surface area contributed by atoms with Gasteiger partial charge in [-0.3, -0.25) is 9.78 Å². The van der Waals surface area contributed by atoms with Gasteiger partial charge in [-0.05, 0) is 31.5 Å². The largest absolute Gasteiger partial charge is 0.336 e. The van der Waals surface area contributed by atoms with Gasteiger partial charge in [-0.15, -0.1) is 0 Å². The van der Waals surface area contributed by atoms with Crippen molar-refractivity contribution in [3.8, 4) is 0 Å². The van der Waals surface area contributed by atoms with Crippen LogP contribution in [0.5, 0.6) is 0 Å². The maximum Gasteiger partial charge on any atom is 0.255 e. The number of carbonyl (C=O) groups is 1. The number of rotatable bonds is 3. The van der Waals surface area contributed by atoms with E-state index in [1.165, 1.54) is 0 Å². The monoisotopic (exact) mass is 332 g/mol. The molecule has 0 spiro atoms. The molecule has 0 radical (unpaired) electrons. The van der Waals surface area contributed by atoms with Crippen molar-refractivity contribution in [3.05, 3.63) is 41.1 Å². The minimum absolute atomic E-state index is 0.121.